The third-order valence-electron chi connectivity index (χ3n) is 3.85. The predicted octanol–water partition coefficient (Wildman–Crippen LogP) is 3.60. The molecular formula is C15H13FO. The monoisotopic (exact) mass is 228 g/mol. The molecule has 86 valence electrons. The van der Waals surface area contributed by atoms with Crippen LogP contribution in [0.3, 0.4) is 0 Å². The van der Waals surface area contributed by atoms with Crippen molar-refractivity contribution in [2.45, 2.75) is 24.7 Å². The van der Waals surface area contributed by atoms with Crippen LogP contribution >= 0.6 is 0 Å². The van der Waals surface area contributed by atoms with E-state index in [2.05, 4.69) is 0 Å². The standard InChI is InChI=1S/C15H13FO/c16-14-5-3-11-8-13(4-2-12(11)9-14)15(10-17)6-1-7-15/h2-5,8-10H,1,6-7H2. The summed E-state index contributed by atoms with van der Waals surface area (Å²) >= 11 is 0. The van der Waals surface area contributed by atoms with Crippen LogP contribution in [-0.4, -0.2) is 6.29 Å². The number of fused-ring (bicyclic) bond motifs is 1. The lowest BCUT2D eigenvalue weighted by atomic mass is 9.65. The zero-order chi connectivity index (χ0) is 11.9. The molecule has 0 amide bonds. The molecule has 17 heavy (non-hydrogen) atoms. The highest BCUT2D eigenvalue weighted by molar-refractivity contribution is 5.85. The van der Waals surface area contributed by atoms with Gasteiger partial charge in [-0.15, -0.1) is 0 Å². The summed E-state index contributed by atoms with van der Waals surface area (Å²) in [6, 6.07) is 10.6. The number of benzene rings is 2. The number of hydrogen-bond donors (Lipinski definition) is 0. The molecule has 1 aliphatic rings. The molecule has 1 fully saturated rings. The summed E-state index contributed by atoms with van der Waals surface area (Å²) < 4.78 is 13.1. The fourth-order valence-corrected chi connectivity index (χ4v) is 2.56. The highest BCUT2D eigenvalue weighted by atomic mass is 19.1. The second-order valence-corrected chi connectivity index (χ2v) is 4.83. The van der Waals surface area contributed by atoms with Crippen LogP contribution in [0.2, 0.25) is 0 Å². The van der Waals surface area contributed by atoms with Crippen molar-refractivity contribution in [2.24, 2.45) is 0 Å². The Morgan fingerprint density at radius 3 is 2.41 bits per heavy atom. The van der Waals surface area contributed by atoms with E-state index in [1.54, 1.807) is 6.07 Å². The van der Waals surface area contributed by atoms with Crippen LogP contribution in [0.4, 0.5) is 4.39 Å². The van der Waals surface area contributed by atoms with Crippen LogP contribution in [0.1, 0.15) is 24.8 Å². The quantitative estimate of drug-likeness (QED) is 0.718. The maximum Gasteiger partial charge on any atom is 0.130 e. The fourth-order valence-electron chi connectivity index (χ4n) is 2.56. The van der Waals surface area contributed by atoms with Gasteiger partial charge in [0.05, 0.1) is 5.41 Å². The van der Waals surface area contributed by atoms with Crippen molar-refractivity contribution >= 4 is 17.1 Å². The Bertz CT molecular complexity index is 584. The maximum absolute atomic E-state index is 13.1. The SMILES string of the molecule is O=CC1(c2ccc3cc(F)ccc3c2)CCC1. The number of rotatable bonds is 2. The minimum atomic E-state index is -0.275. The molecule has 0 N–H and O–H groups in total. The zero-order valence-electron chi connectivity index (χ0n) is 9.45. The number of carbonyl (C=O) groups is 1. The molecule has 2 heteroatoms. The van der Waals surface area contributed by atoms with E-state index in [1.807, 2.05) is 18.2 Å². The summed E-state index contributed by atoms with van der Waals surface area (Å²) in [7, 11) is 0. The van der Waals surface area contributed by atoms with Gasteiger partial charge in [0, 0.05) is 0 Å². The second kappa shape index (κ2) is 3.66. The Kier molecular flexibility index (Phi) is 2.25. The summed E-state index contributed by atoms with van der Waals surface area (Å²) in [6.45, 7) is 0. The first-order chi connectivity index (χ1) is 8.23. The van der Waals surface area contributed by atoms with E-state index >= 15 is 0 Å². The number of hydrogen-bond acceptors (Lipinski definition) is 1. The number of aldehydes is 1. The van der Waals surface area contributed by atoms with E-state index < -0.39 is 0 Å². The molecule has 0 aromatic heterocycles. The van der Waals surface area contributed by atoms with Gasteiger partial charge in [0.2, 0.25) is 0 Å². The average molecular weight is 228 g/mol. The van der Waals surface area contributed by atoms with E-state index in [4.69, 9.17) is 0 Å². The Balaban J connectivity index is 2.13. The summed E-state index contributed by atoms with van der Waals surface area (Å²) in [4.78, 5) is 11.2. The molecule has 1 saturated carbocycles. The second-order valence-electron chi connectivity index (χ2n) is 4.83. The van der Waals surface area contributed by atoms with E-state index in [0.717, 1.165) is 41.9 Å². The van der Waals surface area contributed by atoms with Crippen LogP contribution in [0.25, 0.3) is 10.8 Å². The first kappa shape index (κ1) is 10.5. The summed E-state index contributed by atoms with van der Waals surface area (Å²) in [5.41, 5.74) is 0.792. The van der Waals surface area contributed by atoms with Crippen LogP contribution in [0.15, 0.2) is 36.4 Å². The molecule has 0 bridgehead atoms. The molecule has 0 saturated heterocycles. The van der Waals surface area contributed by atoms with Crippen molar-refractivity contribution in [3.8, 4) is 0 Å². The maximum atomic E-state index is 13.1. The normalized spacial score (nSPS) is 17.7. The van der Waals surface area contributed by atoms with Crippen LogP contribution in [0, 0.1) is 5.82 Å². The van der Waals surface area contributed by atoms with Gasteiger partial charge in [-0.1, -0.05) is 30.7 Å². The Labute approximate surface area is 99.3 Å². The average Bonchev–Trinajstić information content (AvgIpc) is 2.28. The first-order valence-corrected chi connectivity index (χ1v) is 5.90. The molecule has 3 rings (SSSR count). The van der Waals surface area contributed by atoms with Crippen LogP contribution in [-0.2, 0) is 10.2 Å². The van der Waals surface area contributed by atoms with Gasteiger partial charge >= 0.3 is 0 Å². The Morgan fingerprint density at radius 2 is 1.76 bits per heavy atom. The van der Waals surface area contributed by atoms with Crippen molar-refractivity contribution in [3.63, 3.8) is 0 Å². The van der Waals surface area contributed by atoms with Crippen molar-refractivity contribution in [1.82, 2.24) is 0 Å². The fraction of sp³-hybridized carbons (Fsp3) is 0.267. The lowest BCUT2D eigenvalue weighted by Crippen LogP contribution is -2.35. The van der Waals surface area contributed by atoms with E-state index in [1.165, 1.54) is 12.1 Å². The van der Waals surface area contributed by atoms with E-state index in [9.17, 15) is 9.18 Å². The van der Waals surface area contributed by atoms with E-state index in [0.29, 0.717) is 0 Å². The Hall–Kier alpha value is -1.70. The molecule has 0 atom stereocenters. The predicted molar refractivity (Wildman–Crippen MR) is 65.5 cm³/mol. The van der Waals surface area contributed by atoms with Crippen molar-refractivity contribution in [3.05, 3.63) is 47.8 Å². The summed E-state index contributed by atoms with van der Waals surface area (Å²) in [5, 5.41) is 1.88. The number of carbonyl (C=O) groups excluding carboxylic acids is 1. The first-order valence-electron chi connectivity index (χ1n) is 5.90. The lowest BCUT2D eigenvalue weighted by molar-refractivity contribution is -0.115. The largest absolute Gasteiger partial charge is 0.302 e. The molecule has 1 aliphatic carbocycles. The van der Waals surface area contributed by atoms with Gasteiger partial charge in [0.25, 0.3) is 0 Å². The van der Waals surface area contributed by atoms with Crippen molar-refractivity contribution < 1.29 is 9.18 Å². The smallest absolute Gasteiger partial charge is 0.130 e. The topological polar surface area (TPSA) is 17.1 Å². The Morgan fingerprint density at radius 1 is 1.06 bits per heavy atom. The summed E-state index contributed by atoms with van der Waals surface area (Å²) in [6.07, 6.45) is 4.05. The highest BCUT2D eigenvalue weighted by Gasteiger charge is 2.38. The van der Waals surface area contributed by atoms with Crippen molar-refractivity contribution in [2.75, 3.05) is 0 Å². The third-order valence-corrected chi connectivity index (χ3v) is 3.85. The molecule has 0 aliphatic heterocycles. The number of halogens is 1. The van der Waals surface area contributed by atoms with Crippen molar-refractivity contribution in [1.29, 1.82) is 0 Å². The van der Waals surface area contributed by atoms with Crippen LogP contribution < -0.4 is 0 Å². The van der Waals surface area contributed by atoms with Gasteiger partial charge in [-0.3, -0.25) is 0 Å². The molecule has 2 aromatic rings. The van der Waals surface area contributed by atoms with Gasteiger partial charge in [0.1, 0.15) is 12.1 Å². The zero-order valence-corrected chi connectivity index (χ0v) is 9.45. The van der Waals surface area contributed by atoms with Gasteiger partial charge in [-0.05, 0) is 41.3 Å². The minimum Gasteiger partial charge on any atom is -0.302 e. The summed E-state index contributed by atoms with van der Waals surface area (Å²) in [5.74, 6) is -0.223. The van der Waals surface area contributed by atoms with E-state index in [-0.39, 0.29) is 11.2 Å². The minimum absolute atomic E-state index is 0.223. The van der Waals surface area contributed by atoms with Gasteiger partial charge in [-0.2, -0.15) is 0 Å². The molecule has 2 aromatic carbocycles. The van der Waals surface area contributed by atoms with Gasteiger partial charge in [0.15, 0.2) is 0 Å². The molecular weight excluding hydrogens is 215 g/mol. The highest BCUT2D eigenvalue weighted by Crippen LogP contribution is 2.42. The molecule has 0 unspecified atom stereocenters. The molecule has 0 heterocycles. The van der Waals surface area contributed by atoms with Crippen LogP contribution in [0.5, 0.6) is 0 Å². The molecule has 0 spiro atoms. The third kappa shape index (κ3) is 1.55. The molecule has 1 nitrogen and oxygen atoms in total. The lowest BCUT2D eigenvalue weighted by Gasteiger charge is -2.37. The molecule has 0 radical (unpaired) electrons. The van der Waals surface area contributed by atoms with Gasteiger partial charge in [-0.25, -0.2) is 4.39 Å². The van der Waals surface area contributed by atoms with Gasteiger partial charge < -0.3 is 4.79 Å².